The number of carbonyl (C=O) groups is 2. The first-order chi connectivity index (χ1) is 11.1. The van der Waals surface area contributed by atoms with Gasteiger partial charge in [0.2, 0.25) is 11.8 Å². The van der Waals surface area contributed by atoms with Crippen LogP contribution >= 0.6 is 0 Å². The van der Waals surface area contributed by atoms with Gasteiger partial charge < -0.3 is 11.1 Å². The summed E-state index contributed by atoms with van der Waals surface area (Å²) in [5.41, 5.74) is 7.07. The van der Waals surface area contributed by atoms with Crippen LogP contribution in [0.1, 0.15) is 23.5 Å². The summed E-state index contributed by atoms with van der Waals surface area (Å²) < 4.78 is 0. The van der Waals surface area contributed by atoms with Crippen LogP contribution < -0.4 is 11.1 Å². The molecule has 0 aliphatic carbocycles. The van der Waals surface area contributed by atoms with Crippen LogP contribution in [0.2, 0.25) is 0 Å². The van der Waals surface area contributed by atoms with Gasteiger partial charge in [0.25, 0.3) is 0 Å². The Morgan fingerprint density at radius 1 is 1.00 bits per heavy atom. The van der Waals surface area contributed by atoms with Gasteiger partial charge in [0.1, 0.15) is 6.04 Å². The second-order valence-electron chi connectivity index (χ2n) is 5.24. The highest BCUT2D eigenvalue weighted by molar-refractivity contribution is 5.92. The number of nitrogens with two attached hydrogens (primary N) is 1. The summed E-state index contributed by atoms with van der Waals surface area (Å²) in [5, 5.41) is 2.73. The lowest BCUT2D eigenvalue weighted by Gasteiger charge is -2.21. The molecule has 0 saturated heterocycles. The lowest BCUT2D eigenvalue weighted by molar-refractivity contribution is -0.127. The quantitative estimate of drug-likeness (QED) is 0.771. The van der Waals surface area contributed by atoms with E-state index in [0.717, 1.165) is 11.1 Å². The van der Waals surface area contributed by atoms with Crippen molar-refractivity contribution in [2.24, 2.45) is 5.73 Å². The molecule has 0 aliphatic rings. The van der Waals surface area contributed by atoms with E-state index in [1.54, 1.807) is 6.08 Å². The Balaban J connectivity index is 2.32. The number of benzene rings is 2. The third kappa shape index (κ3) is 4.30. The zero-order valence-corrected chi connectivity index (χ0v) is 12.8. The second kappa shape index (κ2) is 7.94. The lowest BCUT2D eigenvalue weighted by Crippen LogP contribution is -2.46. The van der Waals surface area contributed by atoms with E-state index in [2.05, 4.69) is 11.9 Å². The molecule has 2 rings (SSSR count). The van der Waals surface area contributed by atoms with Crippen molar-refractivity contribution in [3.05, 3.63) is 84.4 Å². The number of hydrogen-bond donors (Lipinski definition) is 2. The molecule has 4 nitrogen and oxygen atoms in total. The van der Waals surface area contributed by atoms with E-state index in [-0.39, 0.29) is 5.91 Å². The molecule has 0 aromatic heterocycles. The molecule has 2 aromatic rings. The minimum atomic E-state index is -0.755. The third-order valence-electron chi connectivity index (χ3n) is 3.59. The molecular formula is C19H20N2O2. The van der Waals surface area contributed by atoms with Gasteiger partial charge in [-0.3, -0.25) is 9.59 Å². The van der Waals surface area contributed by atoms with Gasteiger partial charge in [0.15, 0.2) is 0 Å². The van der Waals surface area contributed by atoms with E-state index < -0.39 is 17.9 Å². The van der Waals surface area contributed by atoms with Crippen molar-refractivity contribution < 1.29 is 9.59 Å². The van der Waals surface area contributed by atoms with Crippen molar-refractivity contribution in [2.75, 3.05) is 0 Å². The van der Waals surface area contributed by atoms with E-state index >= 15 is 0 Å². The van der Waals surface area contributed by atoms with Gasteiger partial charge in [-0.25, -0.2) is 0 Å². The molecule has 118 valence electrons. The van der Waals surface area contributed by atoms with Crippen LogP contribution in [0.25, 0.3) is 0 Å². The molecule has 23 heavy (non-hydrogen) atoms. The molecule has 4 heteroatoms. The summed E-state index contributed by atoms with van der Waals surface area (Å²) in [4.78, 5) is 24.3. The van der Waals surface area contributed by atoms with Gasteiger partial charge in [-0.2, -0.15) is 0 Å². The summed E-state index contributed by atoms with van der Waals surface area (Å²) in [6.07, 6.45) is 1.87. The summed E-state index contributed by atoms with van der Waals surface area (Å²) in [7, 11) is 0. The fourth-order valence-corrected chi connectivity index (χ4v) is 2.45. The van der Waals surface area contributed by atoms with Crippen molar-refractivity contribution >= 4 is 11.8 Å². The number of hydrogen-bond acceptors (Lipinski definition) is 2. The Hall–Kier alpha value is -2.88. The number of primary amides is 1. The average Bonchev–Trinajstić information content (AvgIpc) is 2.56. The molecule has 0 aliphatic heterocycles. The van der Waals surface area contributed by atoms with Crippen LogP contribution in [-0.4, -0.2) is 17.9 Å². The average molecular weight is 308 g/mol. The van der Waals surface area contributed by atoms with Crippen molar-refractivity contribution in [3.8, 4) is 0 Å². The van der Waals surface area contributed by atoms with E-state index in [1.807, 2.05) is 60.7 Å². The molecule has 2 aromatic carbocycles. The minimum absolute atomic E-state index is 0.256. The third-order valence-corrected chi connectivity index (χ3v) is 3.59. The molecule has 0 saturated carbocycles. The number of carbonyl (C=O) groups excluding carboxylic acids is 2. The molecule has 1 atom stereocenters. The number of nitrogens with one attached hydrogen (secondary N) is 1. The molecule has 0 fully saturated rings. The standard InChI is InChI=1S/C19H20N2O2/c1-2-9-16(18(20)22)21-19(23)17(14-10-5-3-6-11-14)15-12-7-4-8-13-15/h2-8,10-13,16-17H,1,9H2,(H2,20,22)(H,21,23)/t16-/m1/s1. The van der Waals surface area contributed by atoms with Crippen LogP contribution in [0.3, 0.4) is 0 Å². The predicted octanol–water partition coefficient (Wildman–Crippen LogP) is 2.36. The maximum Gasteiger partial charge on any atom is 0.240 e. The first-order valence-electron chi connectivity index (χ1n) is 7.44. The van der Waals surface area contributed by atoms with E-state index in [0.29, 0.717) is 6.42 Å². The minimum Gasteiger partial charge on any atom is -0.368 e. The molecule has 0 bridgehead atoms. The van der Waals surface area contributed by atoms with Crippen LogP contribution in [0.5, 0.6) is 0 Å². The Morgan fingerprint density at radius 2 is 1.48 bits per heavy atom. The number of rotatable bonds is 7. The van der Waals surface area contributed by atoms with Gasteiger partial charge in [-0.15, -0.1) is 6.58 Å². The van der Waals surface area contributed by atoms with E-state index in [4.69, 9.17) is 5.73 Å². The predicted molar refractivity (Wildman–Crippen MR) is 90.7 cm³/mol. The first-order valence-corrected chi connectivity index (χ1v) is 7.44. The topological polar surface area (TPSA) is 72.2 Å². The largest absolute Gasteiger partial charge is 0.368 e. The smallest absolute Gasteiger partial charge is 0.240 e. The van der Waals surface area contributed by atoms with Crippen LogP contribution in [0.4, 0.5) is 0 Å². The lowest BCUT2D eigenvalue weighted by atomic mass is 9.90. The normalized spacial score (nSPS) is 11.7. The van der Waals surface area contributed by atoms with Gasteiger partial charge in [-0.1, -0.05) is 66.7 Å². The first kappa shape index (κ1) is 16.5. The summed E-state index contributed by atoms with van der Waals surface area (Å²) in [6.45, 7) is 3.59. The Kier molecular flexibility index (Phi) is 5.69. The zero-order valence-electron chi connectivity index (χ0n) is 12.8. The van der Waals surface area contributed by atoms with Gasteiger partial charge in [0.05, 0.1) is 5.92 Å². The van der Waals surface area contributed by atoms with Crippen molar-refractivity contribution in [3.63, 3.8) is 0 Å². The monoisotopic (exact) mass is 308 g/mol. The van der Waals surface area contributed by atoms with E-state index in [1.165, 1.54) is 0 Å². The molecule has 0 heterocycles. The van der Waals surface area contributed by atoms with Gasteiger partial charge in [0, 0.05) is 0 Å². The molecule has 0 radical (unpaired) electrons. The maximum atomic E-state index is 12.8. The fourth-order valence-electron chi connectivity index (χ4n) is 2.45. The Bertz CT molecular complexity index is 629. The summed E-state index contributed by atoms with van der Waals surface area (Å²) in [6, 6.07) is 18.1. The highest BCUT2D eigenvalue weighted by Gasteiger charge is 2.26. The molecule has 2 amide bonds. The SMILES string of the molecule is C=CC[C@@H](NC(=O)C(c1ccccc1)c1ccccc1)C(N)=O. The van der Waals surface area contributed by atoms with Crippen molar-refractivity contribution in [2.45, 2.75) is 18.4 Å². The molecule has 3 N–H and O–H groups in total. The second-order valence-corrected chi connectivity index (χ2v) is 5.24. The van der Waals surface area contributed by atoms with Crippen molar-refractivity contribution in [1.29, 1.82) is 0 Å². The Morgan fingerprint density at radius 3 is 1.87 bits per heavy atom. The van der Waals surface area contributed by atoms with E-state index in [9.17, 15) is 9.59 Å². The maximum absolute atomic E-state index is 12.8. The van der Waals surface area contributed by atoms with Crippen LogP contribution in [0, 0.1) is 0 Å². The summed E-state index contributed by atoms with van der Waals surface area (Å²) >= 11 is 0. The molecule has 0 unspecified atom stereocenters. The highest BCUT2D eigenvalue weighted by atomic mass is 16.2. The molecular weight excluding hydrogens is 288 g/mol. The van der Waals surface area contributed by atoms with Crippen molar-refractivity contribution in [1.82, 2.24) is 5.32 Å². The highest BCUT2D eigenvalue weighted by Crippen LogP contribution is 2.25. The fraction of sp³-hybridized carbons (Fsp3) is 0.158. The van der Waals surface area contributed by atoms with Gasteiger partial charge >= 0.3 is 0 Å². The Labute approximate surface area is 136 Å². The zero-order chi connectivity index (χ0) is 16.7. The van der Waals surface area contributed by atoms with Gasteiger partial charge in [-0.05, 0) is 17.5 Å². The summed E-state index contributed by atoms with van der Waals surface area (Å²) in [5.74, 6) is -1.32. The van der Waals surface area contributed by atoms with Crippen LogP contribution in [-0.2, 0) is 9.59 Å². The number of amides is 2. The molecule has 0 spiro atoms. The van der Waals surface area contributed by atoms with Crippen LogP contribution in [0.15, 0.2) is 73.3 Å².